The molecule has 0 aliphatic carbocycles. The summed E-state index contributed by atoms with van der Waals surface area (Å²) in [4.78, 5) is 7.88. The predicted molar refractivity (Wildman–Crippen MR) is 51.8 cm³/mol. The zero-order valence-electron chi connectivity index (χ0n) is 7.37. The standard InChI is InChI=1S/C8H12ClN3O/c1-6(2-5-13)12-8-7(9)10-3-4-11-8/h3-4,6,13H,2,5H2,1H3,(H,11,12). The molecule has 0 aliphatic heterocycles. The molecular formula is C8H12ClN3O. The van der Waals surface area contributed by atoms with E-state index >= 15 is 0 Å². The van der Waals surface area contributed by atoms with Gasteiger partial charge in [0.15, 0.2) is 11.0 Å². The molecular weight excluding hydrogens is 190 g/mol. The second kappa shape index (κ2) is 4.99. The SMILES string of the molecule is CC(CCO)Nc1nccnc1Cl. The highest BCUT2D eigenvalue weighted by molar-refractivity contribution is 6.31. The van der Waals surface area contributed by atoms with Crippen molar-refractivity contribution < 1.29 is 5.11 Å². The van der Waals surface area contributed by atoms with Gasteiger partial charge in [-0.05, 0) is 13.3 Å². The quantitative estimate of drug-likeness (QED) is 0.772. The molecule has 1 rings (SSSR count). The van der Waals surface area contributed by atoms with E-state index < -0.39 is 0 Å². The monoisotopic (exact) mass is 201 g/mol. The molecule has 13 heavy (non-hydrogen) atoms. The summed E-state index contributed by atoms with van der Waals surface area (Å²) in [7, 11) is 0. The van der Waals surface area contributed by atoms with Gasteiger partial charge >= 0.3 is 0 Å². The van der Waals surface area contributed by atoms with E-state index in [2.05, 4.69) is 15.3 Å². The van der Waals surface area contributed by atoms with Crippen molar-refractivity contribution in [2.75, 3.05) is 11.9 Å². The lowest BCUT2D eigenvalue weighted by Crippen LogP contribution is -2.17. The molecule has 72 valence electrons. The van der Waals surface area contributed by atoms with Crippen LogP contribution in [0, 0.1) is 0 Å². The summed E-state index contributed by atoms with van der Waals surface area (Å²) in [5, 5.41) is 12.1. The third-order valence-corrected chi connectivity index (χ3v) is 1.88. The van der Waals surface area contributed by atoms with Crippen LogP contribution in [0.4, 0.5) is 5.82 Å². The molecule has 0 aromatic carbocycles. The number of aromatic nitrogens is 2. The Morgan fingerprint density at radius 2 is 2.23 bits per heavy atom. The number of aliphatic hydroxyl groups is 1. The van der Waals surface area contributed by atoms with Gasteiger partial charge < -0.3 is 10.4 Å². The first-order chi connectivity index (χ1) is 6.24. The van der Waals surface area contributed by atoms with Crippen molar-refractivity contribution in [3.05, 3.63) is 17.5 Å². The molecule has 0 bridgehead atoms. The van der Waals surface area contributed by atoms with Crippen molar-refractivity contribution >= 4 is 17.4 Å². The fourth-order valence-corrected chi connectivity index (χ4v) is 1.08. The minimum absolute atomic E-state index is 0.138. The fraction of sp³-hybridized carbons (Fsp3) is 0.500. The van der Waals surface area contributed by atoms with Gasteiger partial charge in [0.05, 0.1) is 0 Å². The first kappa shape index (κ1) is 10.2. The molecule has 0 radical (unpaired) electrons. The lowest BCUT2D eigenvalue weighted by Gasteiger charge is -2.12. The maximum Gasteiger partial charge on any atom is 0.171 e. The van der Waals surface area contributed by atoms with Gasteiger partial charge in [-0.15, -0.1) is 0 Å². The van der Waals surface area contributed by atoms with Gasteiger partial charge in [-0.1, -0.05) is 11.6 Å². The second-order valence-electron chi connectivity index (χ2n) is 2.75. The number of halogens is 1. The molecule has 0 aliphatic rings. The van der Waals surface area contributed by atoms with Crippen molar-refractivity contribution in [2.24, 2.45) is 0 Å². The molecule has 1 unspecified atom stereocenters. The highest BCUT2D eigenvalue weighted by atomic mass is 35.5. The van der Waals surface area contributed by atoms with Gasteiger partial charge in [-0.25, -0.2) is 9.97 Å². The maximum absolute atomic E-state index is 8.67. The van der Waals surface area contributed by atoms with Crippen molar-refractivity contribution in [1.82, 2.24) is 9.97 Å². The lowest BCUT2D eigenvalue weighted by atomic mass is 10.2. The zero-order chi connectivity index (χ0) is 9.68. The Bertz CT molecular complexity index is 269. The molecule has 0 fully saturated rings. The van der Waals surface area contributed by atoms with Crippen LogP contribution in [0.2, 0.25) is 5.15 Å². The highest BCUT2D eigenvalue weighted by Gasteiger charge is 2.05. The smallest absolute Gasteiger partial charge is 0.171 e. The van der Waals surface area contributed by atoms with E-state index in [0.29, 0.717) is 17.4 Å². The first-order valence-electron chi connectivity index (χ1n) is 4.08. The predicted octanol–water partition coefficient (Wildman–Crippen LogP) is 1.31. The molecule has 1 aromatic heterocycles. The van der Waals surface area contributed by atoms with E-state index in [9.17, 15) is 0 Å². The Morgan fingerprint density at radius 3 is 2.85 bits per heavy atom. The summed E-state index contributed by atoms with van der Waals surface area (Å²) in [6.45, 7) is 2.09. The second-order valence-corrected chi connectivity index (χ2v) is 3.11. The van der Waals surface area contributed by atoms with E-state index in [0.717, 1.165) is 0 Å². The Kier molecular flexibility index (Phi) is 3.92. The number of hydrogen-bond acceptors (Lipinski definition) is 4. The van der Waals surface area contributed by atoms with Gasteiger partial charge in [0, 0.05) is 25.0 Å². The molecule has 1 aromatic rings. The van der Waals surface area contributed by atoms with E-state index in [1.807, 2.05) is 6.92 Å². The van der Waals surface area contributed by atoms with Crippen LogP contribution in [0.5, 0.6) is 0 Å². The van der Waals surface area contributed by atoms with Crippen LogP contribution < -0.4 is 5.32 Å². The number of hydrogen-bond donors (Lipinski definition) is 2. The van der Waals surface area contributed by atoms with Crippen molar-refractivity contribution in [2.45, 2.75) is 19.4 Å². The first-order valence-corrected chi connectivity index (χ1v) is 4.45. The van der Waals surface area contributed by atoms with E-state index in [1.54, 1.807) is 6.20 Å². The Morgan fingerprint density at radius 1 is 1.54 bits per heavy atom. The summed E-state index contributed by atoms with van der Waals surface area (Å²) < 4.78 is 0. The Balaban J connectivity index is 2.58. The zero-order valence-corrected chi connectivity index (χ0v) is 8.12. The molecule has 0 spiro atoms. The van der Waals surface area contributed by atoms with Gasteiger partial charge in [0.25, 0.3) is 0 Å². The maximum atomic E-state index is 8.67. The summed E-state index contributed by atoms with van der Waals surface area (Å²) in [6.07, 6.45) is 3.76. The largest absolute Gasteiger partial charge is 0.396 e. The molecule has 4 nitrogen and oxygen atoms in total. The summed E-state index contributed by atoms with van der Waals surface area (Å²) in [5.41, 5.74) is 0. The van der Waals surface area contributed by atoms with Gasteiger partial charge in [0.2, 0.25) is 0 Å². The molecule has 1 atom stereocenters. The molecule has 1 heterocycles. The Hall–Kier alpha value is -0.870. The third kappa shape index (κ3) is 3.16. The molecule has 0 saturated carbocycles. The molecule has 2 N–H and O–H groups in total. The van der Waals surface area contributed by atoms with Gasteiger partial charge in [-0.3, -0.25) is 0 Å². The van der Waals surface area contributed by atoms with Gasteiger partial charge in [-0.2, -0.15) is 0 Å². The van der Waals surface area contributed by atoms with Crippen molar-refractivity contribution in [1.29, 1.82) is 0 Å². The number of nitrogens with zero attached hydrogens (tertiary/aromatic N) is 2. The van der Waals surface area contributed by atoms with Crippen LogP contribution in [0.3, 0.4) is 0 Å². The average molecular weight is 202 g/mol. The minimum Gasteiger partial charge on any atom is -0.396 e. The van der Waals surface area contributed by atoms with Crippen molar-refractivity contribution in [3.8, 4) is 0 Å². The topological polar surface area (TPSA) is 58.0 Å². The highest BCUT2D eigenvalue weighted by Crippen LogP contribution is 2.15. The molecule has 0 amide bonds. The van der Waals surface area contributed by atoms with Gasteiger partial charge in [0.1, 0.15) is 0 Å². The summed E-state index contributed by atoms with van der Waals surface area (Å²) >= 11 is 5.77. The summed E-state index contributed by atoms with van der Waals surface area (Å²) in [5.74, 6) is 0.560. The van der Waals surface area contributed by atoms with E-state index in [-0.39, 0.29) is 12.6 Å². The number of nitrogens with one attached hydrogen (secondary N) is 1. The summed E-state index contributed by atoms with van der Waals surface area (Å²) in [6, 6.07) is 0.138. The van der Waals surface area contributed by atoms with Crippen molar-refractivity contribution in [3.63, 3.8) is 0 Å². The fourth-order valence-electron chi connectivity index (χ4n) is 0.917. The van der Waals surface area contributed by atoms with Crippen LogP contribution in [0.25, 0.3) is 0 Å². The van der Waals surface area contributed by atoms with Crippen LogP contribution in [0.15, 0.2) is 12.4 Å². The van der Waals surface area contributed by atoms with Crippen LogP contribution in [-0.4, -0.2) is 27.7 Å². The number of rotatable bonds is 4. The molecule has 0 saturated heterocycles. The lowest BCUT2D eigenvalue weighted by molar-refractivity contribution is 0.282. The van der Waals surface area contributed by atoms with Crippen LogP contribution in [0.1, 0.15) is 13.3 Å². The third-order valence-electron chi connectivity index (χ3n) is 1.60. The average Bonchev–Trinajstić information content (AvgIpc) is 2.09. The van der Waals surface area contributed by atoms with E-state index in [4.69, 9.17) is 16.7 Å². The van der Waals surface area contributed by atoms with E-state index in [1.165, 1.54) is 6.20 Å². The number of aliphatic hydroxyl groups excluding tert-OH is 1. The minimum atomic E-state index is 0.138. The molecule has 5 heteroatoms. The van der Waals surface area contributed by atoms with Crippen LogP contribution >= 0.6 is 11.6 Å². The number of anilines is 1. The van der Waals surface area contributed by atoms with Crippen LogP contribution in [-0.2, 0) is 0 Å². The Labute approximate surface area is 82.0 Å². The normalized spacial score (nSPS) is 12.5.